The van der Waals surface area contributed by atoms with Gasteiger partial charge in [0.25, 0.3) is 0 Å². The molecule has 6 nitrogen and oxygen atoms in total. The van der Waals surface area contributed by atoms with Gasteiger partial charge in [-0.05, 0) is 70.6 Å². The average molecular weight is 843 g/mol. The number of carbonyl (C=O) groups excluding carboxylic acids is 3. The first-order valence-electron chi connectivity index (χ1n) is 26.0. The van der Waals surface area contributed by atoms with E-state index in [2.05, 4.69) is 57.2 Å². The molecule has 1 atom stereocenters. The van der Waals surface area contributed by atoms with E-state index in [4.69, 9.17) is 14.2 Å². The maximum Gasteiger partial charge on any atom is 0.306 e. The van der Waals surface area contributed by atoms with Gasteiger partial charge in [-0.1, -0.05) is 218 Å². The predicted octanol–water partition coefficient (Wildman–Crippen LogP) is 16.9. The van der Waals surface area contributed by atoms with Crippen molar-refractivity contribution in [3.63, 3.8) is 0 Å². The van der Waals surface area contributed by atoms with Crippen LogP contribution in [-0.4, -0.2) is 37.2 Å². The third-order valence-corrected chi connectivity index (χ3v) is 11.4. The molecular weight excluding hydrogens is 745 g/mol. The van der Waals surface area contributed by atoms with Crippen LogP contribution < -0.4 is 0 Å². The molecule has 0 amide bonds. The number of hydrogen-bond donors (Lipinski definition) is 0. The highest BCUT2D eigenvalue weighted by Crippen LogP contribution is 2.15. The first kappa shape index (κ1) is 57.6. The Kier molecular flexibility index (Phi) is 47.3. The van der Waals surface area contributed by atoms with Crippen LogP contribution in [0.4, 0.5) is 0 Å². The smallest absolute Gasteiger partial charge is 0.306 e. The van der Waals surface area contributed by atoms with Crippen molar-refractivity contribution in [1.29, 1.82) is 0 Å². The highest BCUT2D eigenvalue weighted by atomic mass is 16.6. The fraction of sp³-hybridized carbons (Fsp3) is 0.833. The fourth-order valence-electron chi connectivity index (χ4n) is 7.43. The zero-order chi connectivity index (χ0) is 43.7. The predicted molar refractivity (Wildman–Crippen MR) is 256 cm³/mol. The molecule has 350 valence electrons. The largest absolute Gasteiger partial charge is 0.462 e. The Morgan fingerprint density at radius 1 is 0.333 bits per heavy atom. The van der Waals surface area contributed by atoms with Gasteiger partial charge in [0.15, 0.2) is 6.10 Å². The molecule has 0 heterocycles. The monoisotopic (exact) mass is 843 g/mol. The molecule has 6 heteroatoms. The molecule has 0 bridgehead atoms. The van der Waals surface area contributed by atoms with Gasteiger partial charge in [0.1, 0.15) is 13.2 Å². The van der Waals surface area contributed by atoms with E-state index in [1.165, 1.54) is 148 Å². The van der Waals surface area contributed by atoms with E-state index in [-0.39, 0.29) is 31.1 Å². The minimum Gasteiger partial charge on any atom is -0.462 e. The molecule has 0 rings (SSSR count). The van der Waals surface area contributed by atoms with Crippen molar-refractivity contribution in [2.24, 2.45) is 0 Å². The van der Waals surface area contributed by atoms with Gasteiger partial charge in [0.05, 0.1) is 0 Å². The minimum absolute atomic E-state index is 0.0838. The van der Waals surface area contributed by atoms with Crippen LogP contribution >= 0.6 is 0 Å². The second-order valence-corrected chi connectivity index (χ2v) is 17.5. The molecule has 0 aromatic heterocycles. The lowest BCUT2D eigenvalue weighted by Crippen LogP contribution is -2.30. The normalized spacial score (nSPS) is 12.2. The van der Waals surface area contributed by atoms with Gasteiger partial charge in [0, 0.05) is 19.3 Å². The van der Waals surface area contributed by atoms with Crippen molar-refractivity contribution in [1.82, 2.24) is 0 Å². The number of rotatable bonds is 47. The second kappa shape index (κ2) is 49.3. The van der Waals surface area contributed by atoms with Crippen molar-refractivity contribution in [2.75, 3.05) is 13.2 Å². The minimum atomic E-state index is -0.786. The Hall–Kier alpha value is -2.37. The van der Waals surface area contributed by atoms with E-state index in [0.29, 0.717) is 19.3 Å². The van der Waals surface area contributed by atoms with Gasteiger partial charge >= 0.3 is 17.9 Å². The maximum atomic E-state index is 12.8. The van der Waals surface area contributed by atoms with Gasteiger partial charge in [-0.3, -0.25) is 14.4 Å². The number of esters is 3. The molecule has 0 N–H and O–H groups in total. The highest BCUT2D eigenvalue weighted by molar-refractivity contribution is 5.71. The van der Waals surface area contributed by atoms with Gasteiger partial charge in [-0.25, -0.2) is 0 Å². The lowest BCUT2D eigenvalue weighted by Gasteiger charge is -2.18. The summed E-state index contributed by atoms with van der Waals surface area (Å²) >= 11 is 0. The van der Waals surface area contributed by atoms with Gasteiger partial charge in [-0.2, -0.15) is 0 Å². The first-order valence-corrected chi connectivity index (χ1v) is 26.0. The number of carbonyl (C=O) groups is 3. The number of unbranched alkanes of at least 4 members (excludes halogenated alkanes) is 31. The molecule has 60 heavy (non-hydrogen) atoms. The van der Waals surface area contributed by atoms with Crippen molar-refractivity contribution in [2.45, 2.75) is 277 Å². The molecule has 0 aromatic rings. The van der Waals surface area contributed by atoms with Crippen LogP contribution in [-0.2, 0) is 28.6 Å². The van der Waals surface area contributed by atoms with Crippen LogP contribution in [0.15, 0.2) is 36.5 Å². The molecule has 0 fully saturated rings. The zero-order valence-corrected chi connectivity index (χ0v) is 40.0. The summed E-state index contributed by atoms with van der Waals surface area (Å²) in [7, 11) is 0. The summed E-state index contributed by atoms with van der Waals surface area (Å²) in [6, 6.07) is 0. The Morgan fingerprint density at radius 3 is 0.950 bits per heavy atom. The fourth-order valence-corrected chi connectivity index (χ4v) is 7.43. The molecular formula is C54H98O6. The van der Waals surface area contributed by atoms with Gasteiger partial charge in [0.2, 0.25) is 0 Å². The maximum absolute atomic E-state index is 12.8. The zero-order valence-electron chi connectivity index (χ0n) is 40.0. The van der Waals surface area contributed by atoms with E-state index in [1.54, 1.807) is 0 Å². The van der Waals surface area contributed by atoms with Crippen LogP contribution in [0.1, 0.15) is 271 Å². The van der Waals surface area contributed by atoms with Crippen LogP contribution in [0.3, 0.4) is 0 Å². The van der Waals surface area contributed by atoms with E-state index < -0.39 is 6.10 Å². The van der Waals surface area contributed by atoms with Crippen LogP contribution in [0, 0.1) is 0 Å². The molecule has 0 aliphatic heterocycles. The van der Waals surface area contributed by atoms with Crippen LogP contribution in [0.5, 0.6) is 0 Å². The van der Waals surface area contributed by atoms with Gasteiger partial charge in [-0.15, -0.1) is 0 Å². The lowest BCUT2D eigenvalue weighted by atomic mass is 10.0. The number of hydrogen-bond acceptors (Lipinski definition) is 6. The summed E-state index contributed by atoms with van der Waals surface area (Å²) in [5, 5.41) is 0. The second-order valence-electron chi connectivity index (χ2n) is 17.5. The Bertz CT molecular complexity index is 1020. The summed E-state index contributed by atoms with van der Waals surface area (Å²) in [4.78, 5) is 37.9. The van der Waals surface area contributed by atoms with Crippen molar-refractivity contribution < 1.29 is 28.6 Å². The summed E-state index contributed by atoms with van der Waals surface area (Å²) in [6.07, 6.45) is 57.0. The summed E-state index contributed by atoms with van der Waals surface area (Å²) in [5.74, 6) is -0.918. The third-order valence-electron chi connectivity index (χ3n) is 11.4. The van der Waals surface area contributed by atoms with E-state index in [9.17, 15) is 14.4 Å². The number of ether oxygens (including phenoxy) is 3. The Labute approximate surface area is 372 Å². The summed E-state index contributed by atoms with van der Waals surface area (Å²) in [6.45, 7) is 6.60. The molecule has 0 spiro atoms. The number of allylic oxidation sites excluding steroid dienone is 6. The molecule has 0 saturated heterocycles. The van der Waals surface area contributed by atoms with Gasteiger partial charge < -0.3 is 14.2 Å². The van der Waals surface area contributed by atoms with E-state index in [1.807, 2.05) is 0 Å². The third kappa shape index (κ3) is 46.7. The summed E-state index contributed by atoms with van der Waals surface area (Å²) in [5.41, 5.74) is 0. The Morgan fingerprint density at radius 2 is 0.600 bits per heavy atom. The topological polar surface area (TPSA) is 78.9 Å². The molecule has 0 aliphatic carbocycles. The van der Waals surface area contributed by atoms with E-state index >= 15 is 0 Å². The van der Waals surface area contributed by atoms with Crippen molar-refractivity contribution >= 4 is 17.9 Å². The standard InChI is InChI=1S/C54H98O6/c1-4-7-10-13-16-19-22-25-26-27-30-32-35-38-41-44-47-53(56)59-50-51(60-54(57)48-45-42-39-36-33-29-24-21-18-15-12-9-6-3)49-58-52(55)46-43-40-37-34-31-28-23-20-17-14-11-8-5-2/h26-27,29-30,32-33,51H,4-25,28,31,34-50H2,1-3H3/b27-26-,32-30-,33-29-. The molecule has 0 saturated carbocycles. The average Bonchev–Trinajstić information content (AvgIpc) is 3.24. The van der Waals surface area contributed by atoms with Crippen LogP contribution in [0.2, 0.25) is 0 Å². The van der Waals surface area contributed by atoms with E-state index in [0.717, 1.165) is 83.5 Å². The highest BCUT2D eigenvalue weighted by Gasteiger charge is 2.19. The molecule has 0 aliphatic rings. The first-order chi connectivity index (χ1) is 29.5. The van der Waals surface area contributed by atoms with Crippen molar-refractivity contribution in [3.05, 3.63) is 36.5 Å². The van der Waals surface area contributed by atoms with Crippen molar-refractivity contribution in [3.8, 4) is 0 Å². The Balaban J connectivity index is 4.41. The molecule has 0 radical (unpaired) electrons. The van der Waals surface area contributed by atoms with Crippen LogP contribution in [0.25, 0.3) is 0 Å². The summed E-state index contributed by atoms with van der Waals surface area (Å²) < 4.78 is 16.8. The molecule has 1 unspecified atom stereocenters. The lowest BCUT2D eigenvalue weighted by molar-refractivity contribution is -0.167. The SMILES string of the molecule is CCCCCCCC/C=C\CCCCCC(=O)OC(COC(=O)CCCCC/C=C\C=C/CCCCCCCCC)COC(=O)CCCCCCCCCCCCCCC. The quantitative estimate of drug-likeness (QED) is 0.0200. The molecule has 0 aromatic carbocycles.